The quantitative estimate of drug-likeness (QED) is 0.660. The standard InChI is InChI=1S/C9H13NS/c1-7-6-11-9(10-7)5-8-3-2-4-8/h6,8H,2-5H2,1H3. The maximum atomic E-state index is 4.45. The Hall–Kier alpha value is -0.370. The Balaban J connectivity index is 1.95. The first kappa shape index (κ1) is 7.29. The zero-order valence-corrected chi connectivity index (χ0v) is 7.66. The number of nitrogens with zero attached hydrogens (tertiary/aromatic N) is 1. The third-order valence-corrected chi connectivity index (χ3v) is 3.34. The van der Waals surface area contributed by atoms with Gasteiger partial charge in [0, 0.05) is 17.5 Å². The van der Waals surface area contributed by atoms with Crippen molar-refractivity contribution < 1.29 is 0 Å². The molecule has 1 heterocycles. The van der Waals surface area contributed by atoms with Gasteiger partial charge in [-0.3, -0.25) is 0 Å². The molecular formula is C9H13NS. The summed E-state index contributed by atoms with van der Waals surface area (Å²) in [6, 6.07) is 0. The van der Waals surface area contributed by atoms with E-state index in [2.05, 4.69) is 17.3 Å². The monoisotopic (exact) mass is 167 g/mol. The molecule has 2 rings (SSSR count). The zero-order chi connectivity index (χ0) is 7.68. The lowest BCUT2D eigenvalue weighted by Gasteiger charge is -2.23. The molecule has 0 N–H and O–H groups in total. The third-order valence-electron chi connectivity index (χ3n) is 2.35. The minimum absolute atomic E-state index is 0.959. The third kappa shape index (κ3) is 1.62. The van der Waals surface area contributed by atoms with Gasteiger partial charge in [0.2, 0.25) is 0 Å². The van der Waals surface area contributed by atoms with Crippen molar-refractivity contribution in [2.45, 2.75) is 32.6 Å². The van der Waals surface area contributed by atoms with E-state index in [0.717, 1.165) is 5.92 Å². The lowest BCUT2D eigenvalue weighted by molar-refractivity contribution is 0.314. The van der Waals surface area contributed by atoms with Crippen LogP contribution in [0.4, 0.5) is 0 Å². The van der Waals surface area contributed by atoms with Crippen LogP contribution in [0.1, 0.15) is 30.0 Å². The molecule has 1 aliphatic carbocycles. The Morgan fingerprint density at radius 1 is 1.64 bits per heavy atom. The molecule has 11 heavy (non-hydrogen) atoms. The summed E-state index contributed by atoms with van der Waals surface area (Å²) in [4.78, 5) is 4.45. The van der Waals surface area contributed by atoms with Gasteiger partial charge in [0.1, 0.15) is 0 Å². The van der Waals surface area contributed by atoms with Gasteiger partial charge >= 0.3 is 0 Å². The lowest BCUT2D eigenvalue weighted by atomic mass is 9.83. The highest BCUT2D eigenvalue weighted by atomic mass is 32.1. The fourth-order valence-electron chi connectivity index (χ4n) is 1.44. The molecule has 0 radical (unpaired) electrons. The number of rotatable bonds is 2. The van der Waals surface area contributed by atoms with Crippen molar-refractivity contribution in [2.24, 2.45) is 5.92 Å². The highest BCUT2D eigenvalue weighted by molar-refractivity contribution is 7.09. The van der Waals surface area contributed by atoms with Gasteiger partial charge in [-0.1, -0.05) is 19.3 Å². The van der Waals surface area contributed by atoms with Gasteiger partial charge in [0.25, 0.3) is 0 Å². The van der Waals surface area contributed by atoms with Crippen LogP contribution in [0.2, 0.25) is 0 Å². The molecule has 1 fully saturated rings. The molecule has 0 unspecified atom stereocenters. The van der Waals surface area contributed by atoms with E-state index < -0.39 is 0 Å². The summed E-state index contributed by atoms with van der Waals surface area (Å²) in [5.74, 6) is 0.959. The Labute approximate surface area is 71.5 Å². The highest BCUT2D eigenvalue weighted by Crippen LogP contribution is 2.30. The molecule has 0 atom stereocenters. The molecule has 1 saturated carbocycles. The molecule has 0 aliphatic heterocycles. The predicted molar refractivity (Wildman–Crippen MR) is 47.9 cm³/mol. The van der Waals surface area contributed by atoms with E-state index in [1.54, 1.807) is 0 Å². The van der Waals surface area contributed by atoms with E-state index in [1.807, 2.05) is 11.3 Å². The van der Waals surface area contributed by atoms with Crippen LogP contribution in [-0.2, 0) is 6.42 Å². The van der Waals surface area contributed by atoms with E-state index in [4.69, 9.17) is 0 Å². The van der Waals surface area contributed by atoms with Crippen LogP contribution in [0.15, 0.2) is 5.38 Å². The van der Waals surface area contributed by atoms with Crippen LogP contribution < -0.4 is 0 Å². The van der Waals surface area contributed by atoms with E-state index in [0.29, 0.717) is 0 Å². The molecule has 1 aliphatic rings. The number of hydrogen-bond acceptors (Lipinski definition) is 2. The Morgan fingerprint density at radius 2 is 2.45 bits per heavy atom. The Kier molecular flexibility index (Phi) is 1.95. The van der Waals surface area contributed by atoms with Gasteiger partial charge in [0.05, 0.1) is 5.01 Å². The lowest BCUT2D eigenvalue weighted by Crippen LogP contribution is -2.13. The molecule has 0 bridgehead atoms. The van der Waals surface area contributed by atoms with Crippen LogP contribution >= 0.6 is 11.3 Å². The topological polar surface area (TPSA) is 12.9 Å². The average Bonchev–Trinajstić information content (AvgIpc) is 2.27. The summed E-state index contributed by atoms with van der Waals surface area (Å²) in [6.45, 7) is 2.07. The number of thiazole rings is 1. The molecule has 2 heteroatoms. The average molecular weight is 167 g/mol. The summed E-state index contributed by atoms with van der Waals surface area (Å²) >= 11 is 1.82. The summed E-state index contributed by atoms with van der Waals surface area (Å²) in [6.07, 6.45) is 5.53. The fraction of sp³-hybridized carbons (Fsp3) is 0.667. The van der Waals surface area contributed by atoms with Gasteiger partial charge in [-0.05, 0) is 12.8 Å². The van der Waals surface area contributed by atoms with Crippen LogP contribution in [0.5, 0.6) is 0 Å². The minimum atomic E-state index is 0.959. The molecule has 0 spiro atoms. The van der Waals surface area contributed by atoms with Crippen molar-refractivity contribution >= 4 is 11.3 Å². The molecule has 0 saturated heterocycles. The second kappa shape index (κ2) is 2.94. The first-order chi connectivity index (χ1) is 5.34. The molecule has 60 valence electrons. The summed E-state index contributed by atoms with van der Waals surface area (Å²) in [7, 11) is 0. The van der Waals surface area contributed by atoms with Crippen molar-refractivity contribution in [2.75, 3.05) is 0 Å². The molecule has 1 aromatic rings. The second-order valence-electron chi connectivity index (χ2n) is 3.38. The molecule has 0 aromatic carbocycles. The second-order valence-corrected chi connectivity index (χ2v) is 4.33. The van der Waals surface area contributed by atoms with Crippen molar-refractivity contribution in [3.8, 4) is 0 Å². The van der Waals surface area contributed by atoms with Crippen molar-refractivity contribution in [3.05, 3.63) is 16.1 Å². The maximum absolute atomic E-state index is 4.45. The number of hydrogen-bond donors (Lipinski definition) is 0. The smallest absolute Gasteiger partial charge is 0.0930 e. The first-order valence-electron chi connectivity index (χ1n) is 4.25. The fourth-order valence-corrected chi connectivity index (χ4v) is 2.33. The van der Waals surface area contributed by atoms with Gasteiger partial charge in [-0.25, -0.2) is 4.98 Å². The van der Waals surface area contributed by atoms with E-state index >= 15 is 0 Å². The predicted octanol–water partition coefficient (Wildman–Crippen LogP) is 2.79. The van der Waals surface area contributed by atoms with Crippen LogP contribution in [0.3, 0.4) is 0 Å². The highest BCUT2D eigenvalue weighted by Gasteiger charge is 2.18. The molecule has 0 amide bonds. The van der Waals surface area contributed by atoms with Crippen LogP contribution in [0.25, 0.3) is 0 Å². The van der Waals surface area contributed by atoms with Crippen molar-refractivity contribution in [1.82, 2.24) is 4.98 Å². The van der Waals surface area contributed by atoms with Gasteiger partial charge in [-0.15, -0.1) is 11.3 Å². The number of aromatic nitrogens is 1. The van der Waals surface area contributed by atoms with E-state index in [1.165, 1.54) is 36.4 Å². The summed E-state index contributed by atoms with van der Waals surface area (Å²) < 4.78 is 0. The van der Waals surface area contributed by atoms with Gasteiger partial charge < -0.3 is 0 Å². The van der Waals surface area contributed by atoms with Crippen molar-refractivity contribution in [1.29, 1.82) is 0 Å². The molecular weight excluding hydrogens is 154 g/mol. The van der Waals surface area contributed by atoms with Gasteiger partial charge in [0.15, 0.2) is 0 Å². The van der Waals surface area contributed by atoms with Crippen molar-refractivity contribution in [3.63, 3.8) is 0 Å². The summed E-state index contributed by atoms with van der Waals surface area (Å²) in [5.41, 5.74) is 1.18. The first-order valence-corrected chi connectivity index (χ1v) is 5.13. The molecule has 1 aromatic heterocycles. The number of aryl methyl sites for hydroxylation is 1. The Bertz CT molecular complexity index is 237. The normalized spacial score (nSPS) is 18.3. The summed E-state index contributed by atoms with van der Waals surface area (Å²) in [5, 5.41) is 3.49. The SMILES string of the molecule is Cc1csc(CC2CCC2)n1. The maximum Gasteiger partial charge on any atom is 0.0930 e. The minimum Gasteiger partial charge on any atom is -0.247 e. The van der Waals surface area contributed by atoms with E-state index in [9.17, 15) is 0 Å². The Morgan fingerprint density at radius 3 is 2.91 bits per heavy atom. The largest absolute Gasteiger partial charge is 0.247 e. The van der Waals surface area contributed by atoms with E-state index in [-0.39, 0.29) is 0 Å². The molecule has 1 nitrogen and oxygen atoms in total. The van der Waals surface area contributed by atoms with Crippen LogP contribution in [-0.4, -0.2) is 4.98 Å². The zero-order valence-electron chi connectivity index (χ0n) is 6.84. The van der Waals surface area contributed by atoms with Gasteiger partial charge in [-0.2, -0.15) is 0 Å². The van der Waals surface area contributed by atoms with Crippen LogP contribution in [0, 0.1) is 12.8 Å².